The van der Waals surface area contributed by atoms with Crippen molar-refractivity contribution in [3.63, 3.8) is 0 Å². The third kappa shape index (κ3) is 3.59. The summed E-state index contributed by atoms with van der Waals surface area (Å²) in [6.45, 7) is 0.432. The van der Waals surface area contributed by atoms with Crippen LogP contribution in [0.25, 0.3) is 0 Å². The molecule has 0 bridgehead atoms. The summed E-state index contributed by atoms with van der Waals surface area (Å²) in [5.41, 5.74) is 2.00. The molecular weight excluding hydrogens is 361 g/mol. The Balaban J connectivity index is 2.11. The average Bonchev–Trinajstić information content (AvgIpc) is 2.56. The molecule has 2 N–H and O–H groups in total. The van der Waals surface area contributed by atoms with Crippen molar-refractivity contribution in [2.24, 2.45) is 0 Å². The van der Waals surface area contributed by atoms with E-state index >= 15 is 0 Å². The summed E-state index contributed by atoms with van der Waals surface area (Å²) >= 11 is -0.584. The number of hydrogen-bond donors (Lipinski definition) is 2. The van der Waals surface area contributed by atoms with Crippen LogP contribution in [0.4, 0.5) is 0 Å². The van der Waals surface area contributed by atoms with E-state index in [-0.39, 0.29) is 21.6 Å². The molecule has 0 saturated heterocycles. The van der Waals surface area contributed by atoms with Gasteiger partial charge in [-0.05, 0) is 0 Å². The van der Waals surface area contributed by atoms with Gasteiger partial charge in [0.25, 0.3) is 0 Å². The maximum atomic E-state index is 12.0. The van der Waals surface area contributed by atoms with E-state index < -0.39 is 21.2 Å². The Labute approximate surface area is 121 Å². The number of ether oxygens (including phenoxy) is 1. The molecule has 1 aliphatic rings. The molecule has 1 unspecified atom stereocenters. The summed E-state index contributed by atoms with van der Waals surface area (Å²) in [7, 11) is 1.36. The minimum absolute atomic E-state index is 0.00704. The molecule has 19 heavy (non-hydrogen) atoms. The Morgan fingerprint density at radius 3 is 3.05 bits per heavy atom. The number of nitrogens with one attached hydrogen (secondary N) is 1. The van der Waals surface area contributed by atoms with Gasteiger partial charge in [0.15, 0.2) is 0 Å². The van der Waals surface area contributed by atoms with Crippen molar-refractivity contribution >= 4 is 11.9 Å². The number of rotatable bonds is 3. The zero-order chi connectivity index (χ0) is 13.8. The third-order valence-corrected chi connectivity index (χ3v) is 6.06. The number of amides is 1. The van der Waals surface area contributed by atoms with Gasteiger partial charge in [0.05, 0.1) is 0 Å². The molecule has 0 radical (unpaired) electrons. The molecule has 2 rings (SSSR count). The van der Waals surface area contributed by atoms with Gasteiger partial charge in [-0.15, -0.1) is 0 Å². The zero-order valence-electron chi connectivity index (χ0n) is 10.5. The fraction of sp³-hybridized carbons (Fsp3) is 0.385. The third-order valence-electron chi connectivity index (χ3n) is 2.93. The number of esters is 1. The van der Waals surface area contributed by atoms with Gasteiger partial charge in [-0.1, -0.05) is 0 Å². The summed E-state index contributed by atoms with van der Waals surface area (Å²) in [5, 5.41) is 12.3. The normalized spacial score (nSPS) is 18.4. The molecule has 0 saturated carbocycles. The van der Waals surface area contributed by atoms with Crippen LogP contribution in [-0.4, -0.2) is 32.4 Å². The number of carbonyl (C=O) groups excluding carboxylic acids is 2. The predicted molar refractivity (Wildman–Crippen MR) is 64.3 cm³/mol. The van der Waals surface area contributed by atoms with Gasteiger partial charge >= 0.3 is 121 Å². The van der Waals surface area contributed by atoms with Crippen LogP contribution in [0.1, 0.15) is 11.1 Å². The van der Waals surface area contributed by atoms with Crippen LogP contribution in [0.5, 0.6) is 5.75 Å². The van der Waals surface area contributed by atoms with Gasteiger partial charge in [-0.2, -0.15) is 0 Å². The van der Waals surface area contributed by atoms with Crippen LogP contribution in [0, 0.1) is 0 Å². The molecule has 1 amide bonds. The van der Waals surface area contributed by atoms with Gasteiger partial charge in [0.2, 0.25) is 0 Å². The average molecular weight is 376 g/mol. The number of phenols is 1. The van der Waals surface area contributed by atoms with Crippen LogP contribution in [0.2, 0.25) is 0 Å². The first kappa shape index (κ1) is 14.1. The fourth-order valence-corrected chi connectivity index (χ4v) is 4.50. The molecule has 0 aliphatic carbocycles. The van der Waals surface area contributed by atoms with E-state index in [4.69, 9.17) is 0 Å². The summed E-state index contributed by atoms with van der Waals surface area (Å²) in [5.74, 6) is -0.0566. The van der Waals surface area contributed by atoms with Gasteiger partial charge in [0, 0.05) is 0 Å². The van der Waals surface area contributed by atoms with Gasteiger partial charge in [0.1, 0.15) is 0 Å². The van der Waals surface area contributed by atoms with Crippen molar-refractivity contribution in [2.75, 3.05) is 11.5 Å². The van der Waals surface area contributed by atoms with Crippen LogP contribution in [-0.2, 0) is 27.3 Å². The summed E-state index contributed by atoms with van der Waals surface area (Å²) in [6, 6.07) is 5.15. The second kappa shape index (κ2) is 6.23. The summed E-state index contributed by atoms with van der Waals surface area (Å²) in [6.07, 6.45) is 0.631. The van der Waals surface area contributed by atoms with Crippen LogP contribution in [0.15, 0.2) is 18.2 Å². The van der Waals surface area contributed by atoms with Gasteiger partial charge < -0.3 is 0 Å². The standard InChI is InChI=1S/C13H15INO4/c1-19-12(17)6-14-11-5-8-2-3-10(16)4-9(8)7-15-13(11)18/h2-4,11,16H,5-7H2,1H3,(H,15,18)/q-1. The Morgan fingerprint density at radius 2 is 2.32 bits per heavy atom. The molecule has 1 heterocycles. The van der Waals surface area contributed by atoms with Crippen molar-refractivity contribution < 1.29 is 40.6 Å². The van der Waals surface area contributed by atoms with E-state index in [1.54, 1.807) is 12.1 Å². The number of methoxy groups -OCH3 is 1. The monoisotopic (exact) mass is 376 g/mol. The molecule has 0 aromatic heterocycles. The molecule has 0 spiro atoms. The van der Waals surface area contributed by atoms with E-state index in [2.05, 4.69) is 10.1 Å². The Bertz CT molecular complexity index is 503. The second-order valence-corrected chi connectivity index (χ2v) is 7.35. The Morgan fingerprint density at radius 1 is 1.53 bits per heavy atom. The van der Waals surface area contributed by atoms with Crippen LogP contribution in [0.3, 0.4) is 0 Å². The Kier molecular flexibility index (Phi) is 4.62. The summed E-state index contributed by atoms with van der Waals surface area (Å²) in [4.78, 5) is 23.1. The molecular formula is C13H15INO4-. The van der Waals surface area contributed by atoms with E-state index in [1.807, 2.05) is 6.07 Å². The zero-order valence-corrected chi connectivity index (χ0v) is 12.6. The van der Waals surface area contributed by atoms with Crippen LogP contribution >= 0.6 is 0 Å². The first-order chi connectivity index (χ1) is 9.10. The van der Waals surface area contributed by atoms with E-state index in [0.717, 1.165) is 11.1 Å². The van der Waals surface area contributed by atoms with Crippen molar-refractivity contribution in [3.05, 3.63) is 29.3 Å². The first-order valence-electron chi connectivity index (χ1n) is 5.83. The van der Waals surface area contributed by atoms with E-state index in [0.29, 0.717) is 17.4 Å². The van der Waals surface area contributed by atoms with Crippen LogP contribution < -0.4 is 26.5 Å². The Hall–Kier alpha value is -1.31. The van der Waals surface area contributed by atoms with Gasteiger partial charge in [-0.3, -0.25) is 0 Å². The predicted octanol–water partition coefficient (Wildman–Crippen LogP) is -2.80. The van der Waals surface area contributed by atoms with Crippen molar-refractivity contribution in [2.45, 2.75) is 16.9 Å². The number of benzene rings is 1. The first-order valence-corrected chi connectivity index (χ1v) is 8.60. The number of phenolic OH excluding ortho intramolecular Hbond substituents is 1. The number of fused-ring (bicyclic) bond motifs is 1. The van der Waals surface area contributed by atoms with E-state index in [9.17, 15) is 14.7 Å². The van der Waals surface area contributed by atoms with Crippen molar-refractivity contribution in [1.82, 2.24) is 5.32 Å². The van der Waals surface area contributed by atoms with Crippen molar-refractivity contribution in [1.29, 1.82) is 0 Å². The number of alkyl halides is 2. The molecule has 0 fully saturated rings. The van der Waals surface area contributed by atoms with Crippen molar-refractivity contribution in [3.8, 4) is 5.75 Å². The molecule has 5 nitrogen and oxygen atoms in total. The van der Waals surface area contributed by atoms with Gasteiger partial charge in [-0.25, -0.2) is 0 Å². The number of carbonyl (C=O) groups is 2. The minimum atomic E-state index is -0.584. The molecule has 1 aromatic carbocycles. The second-order valence-electron chi connectivity index (χ2n) is 4.21. The number of hydrogen-bond acceptors (Lipinski definition) is 4. The molecule has 1 atom stereocenters. The quantitative estimate of drug-likeness (QED) is 0.340. The number of halogens is 1. The topological polar surface area (TPSA) is 75.6 Å². The summed E-state index contributed by atoms with van der Waals surface area (Å²) < 4.78 is 4.84. The maximum absolute atomic E-state index is 12.0. The molecule has 104 valence electrons. The molecule has 6 heteroatoms. The molecule has 1 aliphatic heterocycles. The SMILES string of the molecule is COC(=O)C[I-]C1Cc2ccc(O)cc2CNC1=O. The number of aromatic hydroxyl groups is 1. The van der Waals surface area contributed by atoms with E-state index in [1.165, 1.54) is 7.11 Å². The fourth-order valence-electron chi connectivity index (χ4n) is 1.89. The molecule has 1 aromatic rings.